The van der Waals surface area contributed by atoms with E-state index in [1.807, 2.05) is 26.0 Å². The predicted octanol–water partition coefficient (Wildman–Crippen LogP) is 3.42. The zero-order chi connectivity index (χ0) is 7.82. The first-order valence-corrected chi connectivity index (χ1v) is 3.56. The molecule has 0 nitrogen and oxygen atoms in total. The summed E-state index contributed by atoms with van der Waals surface area (Å²) in [4.78, 5) is 0. The van der Waals surface area contributed by atoms with E-state index in [0.717, 1.165) is 5.57 Å². The first kappa shape index (κ1) is 9.29. The predicted molar refractivity (Wildman–Crippen MR) is 47.1 cm³/mol. The van der Waals surface area contributed by atoms with Gasteiger partial charge in [-0.3, -0.25) is 0 Å². The summed E-state index contributed by atoms with van der Waals surface area (Å²) in [6, 6.07) is 0. The molecule has 0 aromatic carbocycles. The smallest absolute Gasteiger partial charge is 0.00486 e. The second kappa shape index (κ2) is 6.41. The maximum Gasteiger partial charge on any atom is 0.00486 e. The highest BCUT2D eigenvalue weighted by atomic mass is 35.5. The zero-order valence-electron chi connectivity index (χ0n) is 6.26. The number of hydrogen-bond acceptors (Lipinski definition) is 0. The molecule has 0 unspecified atom stereocenters. The summed E-state index contributed by atoms with van der Waals surface area (Å²) in [6.45, 7) is 3.96. The summed E-state index contributed by atoms with van der Waals surface area (Å²) in [7, 11) is 0. The van der Waals surface area contributed by atoms with Gasteiger partial charge < -0.3 is 0 Å². The third-order valence-corrected chi connectivity index (χ3v) is 1.04. The van der Waals surface area contributed by atoms with Crippen LogP contribution in [0.3, 0.4) is 0 Å². The van der Waals surface area contributed by atoms with Crippen LogP contribution in [0, 0.1) is 0 Å². The van der Waals surface area contributed by atoms with E-state index in [9.17, 15) is 0 Å². The van der Waals surface area contributed by atoms with Crippen LogP contribution in [0.1, 0.15) is 13.8 Å². The van der Waals surface area contributed by atoms with E-state index in [2.05, 4.69) is 5.73 Å². The van der Waals surface area contributed by atoms with Gasteiger partial charge in [-0.05, 0) is 31.6 Å². The van der Waals surface area contributed by atoms with Crippen LogP contribution in [0.5, 0.6) is 0 Å². The Bertz CT molecular complexity index is 191. The van der Waals surface area contributed by atoms with Crippen LogP contribution in [0.15, 0.2) is 41.1 Å². The van der Waals surface area contributed by atoms with E-state index in [1.54, 1.807) is 12.2 Å². The van der Waals surface area contributed by atoms with Crippen LogP contribution in [-0.2, 0) is 0 Å². The van der Waals surface area contributed by atoms with Crippen molar-refractivity contribution in [1.82, 2.24) is 0 Å². The Hall–Kier alpha value is -0.710. The number of hydrogen-bond donors (Lipinski definition) is 0. The Balaban J connectivity index is 4.14. The highest BCUT2D eigenvalue weighted by Crippen LogP contribution is 1.91. The molecule has 0 spiro atoms. The fourth-order valence-electron chi connectivity index (χ4n) is 0.514. The molecule has 0 N–H and O–H groups in total. The topological polar surface area (TPSA) is 0 Å². The average Bonchev–Trinajstić information content (AvgIpc) is 1.89. The van der Waals surface area contributed by atoms with Crippen molar-refractivity contribution in [2.45, 2.75) is 13.8 Å². The first-order valence-electron chi connectivity index (χ1n) is 3.12. The standard InChI is InChI=1S/C9H11Cl/c1-3-6-9(2)7-4-5-8-10/h3-6,8H,1-2H3/b6-3-,8-5+. The van der Waals surface area contributed by atoms with Gasteiger partial charge in [-0.1, -0.05) is 23.8 Å². The van der Waals surface area contributed by atoms with Crippen molar-refractivity contribution in [1.29, 1.82) is 0 Å². The van der Waals surface area contributed by atoms with Gasteiger partial charge in [0.25, 0.3) is 0 Å². The minimum atomic E-state index is 1.09. The van der Waals surface area contributed by atoms with Crippen LogP contribution in [-0.4, -0.2) is 0 Å². The minimum Gasteiger partial charge on any atom is -0.118 e. The van der Waals surface area contributed by atoms with E-state index in [1.165, 1.54) is 5.54 Å². The monoisotopic (exact) mass is 154 g/mol. The third kappa shape index (κ3) is 5.43. The van der Waals surface area contributed by atoms with Gasteiger partial charge in [0.05, 0.1) is 0 Å². The zero-order valence-corrected chi connectivity index (χ0v) is 7.02. The number of rotatable bonds is 2. The highest BCUT2D eigenvalue weighted by Gasteiger charge is 1.70. The number of halogens is 1. The summed E-state index contributed by atoms with van der Waals surface area (Å²) in [6.07, 6.45) is 7.47. The molecule has 10 heavy (non-hydrogen) atoms. The Morgan fingerprint density at radius 1 is 1.50 bits per heavy atom. The van der Waals surface area contributed by atoms with E-state index in [-0.39, 0.29) is 0 Å². The molecule has 0 aromatic heterocycles. The fourth-order valence-corrected chi connectivity index (χ4v) is 0.587. The molecule has 0 aromatic rings. The lowest BCUT2D eigenvalue weighted by atomic mass is 10.3. The summed E-state index contributed by atoms with van der Waals surface area (Å²) >= 11 is 5.28. The third-order valence-electron chi connectivity index (χ3n) is 0.897. The summed E-state index contributed by atoms with van der Waals surface area (Å²) in [5.74, 6) is 0. The maximum absolute atomic E-state index is 5.28. The van der Waals surface area contributed by atoms with Gasteiger partial charge in [0, 0.05) is 5.54 Å². The van der Waals surface area contributed by atoms with Gasteiger partial charge in [0.1, 0.15) is 0 Å². The molecule has 0 saturated heterocycles. The lowest BCUT2D eigenvalue weighted by Crippen LogP contribution is -1.59. The molecular weight excluding hydrogens is 144 g/mol. The molecule has 1 heteroatoms. The second-order valence-electron chi connectivity index (χ2n) is 1.81. The molecular formula is C9H11Cl. The van der Waals surface area contributed by atoms with Crippen molar-refractivity contribution >= 4 is 11.6 Å². The number of allylic oxidation sites excluding steroid dienone is 4. The normalized spacial score (nSPS) is 10.3. The quantitative estimate of drug-likeness (QED) is 0.423. The Labute approximate surface area is 67.2 Å². The Kier molecular flexibility index (Phi) is 5.96. The van der Waals surface area contributed by atoms with E-state index >= 15 is 0 Å². The van der Waals surface area contributed by atoms with Crippen LogP contribution in [0.25, 0.3) is 0 Å². The van der Waals surface area contributed by atoms with Gasteiger partial charge >= 0.3 is 0 Å². The molecule has 0 aliphatic heterocycles. The van der Waals surface area contributed by atoms with E-state index in [4.69, 9.17) is 11.6 Å². The lowest BCUT2D eigenvalue weighted by Gasteiger charge is -1.78. The second-order valence-corrected chi connectivity index (χ2v) is 2.06. The van der Waals surface area contributed by atoms with Crippen LogP contribution in [0.4, 0.5) is 0 Å². The summed E-state index contributed by atoms with van der Waals surface area (Å²) in [5.41, 5.74) is 5.57. The molecule has 0 fully saturated rings. The lowest BCUT2D eigenvalue weighted by molar-refractivity contribution is 1.52. The van der Waals surface area contributed by atoms with E-state index < -0.39 is 0 Å². The van der Waals surface area contributed by atoms with Crippen molar-refractivity contribution in [3.63, 3.8) is 0 Å². The Morgan fingerprint density at radius 3 is 2.70 bits per heavy atom. The molecule has 0 rings (SSSR count). The van der Waals surface area contributed by atoms with Crippen molar-refractivity contribution in [2.75, 3.05) is 0 Å². The van der Waals surface area contributed by atoms with Crippen LogP contribution >= 0.6 is 11.6 Å². The van der Waals surface area contributed by atoms with Crippen molar-refractivity contribution < 1.29 is 0 Å². The average molecular weight is 155 g/mol. The van der Waals surface area contributed by atoms with E-state index in [0.29, 0.717) is 0 Å². The minimum absolute atomic E-state index is 1.09. The fraction of sp³-hybridized carbons (Fsp3) is 0.222. The molecule has 0 aliphatic carbocycles. The summed E-state index contributed by atoms with van der Waals surface area (Å²) in [5, 5.41) is 0. The van der Waals surface area contributed by atoms with Crippen LogP contribution < -0.4 is 0 Å². The van der Waals surface area contributed by atoms with Crippen molar-refractivity contribution in [3.05, 3.63) is 41.1 Å². The summed E-state index contributed by atoms with van der Waals surface area (Å²) < 4.78 is 0. The maximum atomic E-state index is 5.28. The molecule has 0 amide bonds. The SMILES string of the molecule is C/C=C\C(C)=C=C/C=C/Cl. The van der Waals surface area contributed by atoms with Crippen LogP contribution in [0.2, 0.25) is 0 Å². The van der Waals surface area contributed by atoms with Gasteiger partial charge in [-0.2, -0.15) is 0 Å². The largest absolute Gasteiger partial charge is 0.118 e. The first-order chi connectivity index (χ1) is 4.81. The van der Waals surface area contributed by atoms with Gasteiger partial charge in [0.2, 0.25) is 0 Å². The molecule has 0 radical (unpaired) electrons. The highest BCUT2D eigenvalue weighted by molar-refractivity contribution is 6.25. The van der Waals surface area contributed by atoms with Gasteiger partial charge in [-0.15, -0.1) is 5.73 Å². The Morgan fingerprint density at radius 2 is 2.20 bits per heavy atom. The van der Waals surface area contributed by atoms with Crippen molar-refractivity contribution in [3.8, 4) is 0 Å². The van der Waals surface area contributed by atoms with Gasteiger partial charge in [-0.25, -0.2) is 0 Å². The molecule has 0 heterocycles. The van der Waals surface area contributed by atoms with Gasteiger partial charge in [0.15, 0.2) is 0 Å². The molecule has 54 valence electrons. The molecule has 0 saturated carbocycles. The molecule has 0 atom stereocenters. The molecule has 0 aliphatic rings. The molecule has 0 bridgehead atoms. The van der Waals surface area contributed by atoms with Crippen molar-refractivity contribution in [2.24, 2.45) is 0 Å².